The van der Waals surface area contributed by atoms with E-state index in [1.807, 2.05) is 37.1 Å². The Morgan fingerprint density at radius 2 is 2.09 bits per heavy atom. The fourth-order valence-electron chi connectivity index (χ4n) is 2.77. The van der Waals surface area contributed by atoms with Crippen molar-refractivity contribution in [1.82, 2.24) is 15.0 Å². The number of carbonyl (C=O) groups excluding carboxylic acids is 1. The van der Waals surface area contributed by atoms with Gasteiger partial charge in [-0.1, -0.05) is 6.07 Å². The first kappa shape index (κ1) is 14.6. The molecule has 0 aliphatic heterocycles. The van der Waals surface area contributed by atoms with Crippen molar-refractivity contribution in [2.75, 3.05) is 11.9 Å². The molecule has 0 fully saturated rings. The summed E-state index contributed by atoms with van der Waals surface area (Å²) in [5, 5.41) is 0. The van der Waals surface area contributed by atoms with Crippen LogP contribution in [0.15, 0.2) is 24.4 Å². The van der Waals surface area contributed by atoms with E-state index in [0.29, 0.717) is 5.82 Å². The molecule has 0 aromatic carbocycles. The van der Waals surface area contributed by atoms with E-state index >= 15 is 0 Å². The maximum absolute atomic E-state index is 11.7. The molecule has 2 aromatic heterocycles. The van der Waals surface area contributed by atoms with Gasteiger partial charge in [-0.3, -0.25) is 9.78 Å². The highest BCUT2D eigenvalue weighted by Gasteiger charge is 2.25. The van der Waals surface area contributed by atoms with Crippen molar-refractivity contribution in [3.63, 3.8) is 0 Å². The second kappa shape index (κ2) is 5.83. The summed E-state index contributed by atoms with van der Waals surface area (Å²) in [7, 11) is 1.93. The largest absolute Gasteiger partial charge is 0.350 e. The molecule has 114 valence electrons. The van der Waals surface area contributed by atoms with E-state index in [4.69, 9.17) is 4.98 Å². The fraction of sp³-hybridized carbons (Fsp3) is 0.412. The number of aryl methyl sites for hydroxylation is 1. The minimum Gasteiger partial charge on any atom is -0.350 e. The summed E-state index contributed by atoms with van der Waals surface area (Å²) < 4.78 is 0. The molecule has 1 aliphatic carbocycles. The summed E-state index contributed by atoms with van der Waals surface area (Å²) in [5.41, 5.74) is 3.03. The van der Waals surface area contributed by atoms with Crippen LogP contribution < -0.4 is 4.90 Å². The molecular formula is C17H20N4O. The zero-order valence-corrected chi connectivity index (χ0v) is 13.2. The number of anilines is 1. The van der Waals surface area contributed by atoms with Crippen molar-refractivity contribution in [3.05, 3.63) is 35.7 Å². The summed E-state index contributed by atoms with van der Waals surface area (Å²) in [6.45, 7) is 3.52. The average molecular weight is 296 g/mol. The molecule has 2 aromatic rings. The van der Waals surface area contributed by atoms with E-state index in [9.17, 15) is 4.79 Å². The molecule has 0 amide bonds. The maximum atomic E-state index is 11.7. The zero-order chi connectivity index (χ0) is 15.7. The number of pyridine rings is 1. The highest BCUT2D eigenvalue weighted by Crippen LogP contribution is 2.31. The van der Waals surface area contributed by atoms with Gasteiger partial charge < -0.3 is 4.90 Å². The van der Waals surface area contributed by atoms with Gasteiger partial charge in [0, 0.05) is 24.5 Å². The lowest BCUT2D eigenvalue weighted by atomic mass is 10.1. The lowest BCUT2D eigenvalue weighted by molar-refractivity contribution is -0.117. The summed E-state index contributed by atoms with van der Waals surface area (Å²) in [5.74, 6) is 1.64. The van der Waals surface area contributed by atoms with Crippen LogP contribution in [-0.2, 0) is 17.6 Å². The van der Waals surface area contributed by atoms with E-state index in [1.54, 1.807) is 13.1 Å². The van der Waals surface area contributed by atoms with Gasteiger partial charge in [0.1, 0.15) is 11.5 Å². The molecule has 22 heavy (non-hydrogen) atoms. The molecule has 0 saturated heterocycles. The van der Waals surface area contributed by atoms with Gasteiger partial charge >= 0.3 is 0 Å². The number of aromatic nitrogens is 3. The first-order chi connectivity index (χ1) is 10.6. The fourth-order valence-corrected chi connectivity index (χ4v) is 2.77. The van der Waals surface area contributed by atoms with E-state index in [1.165, 1.54) is 5.56 Å². The zero-order valence-electron chi connectivity index (χ0n) is 13.2. The number of fused-ring (bicyclic) bond motifs is 1. The molecular weight excluding hydrogens is 276 g/mol. The van der Waals surface area contributed by atoms with Crippen LogP contribution in [0.1, 0.15) is 31.5 Å². The first-order valence-corrected chi connectivity index (χ1v) is 7.62. The number of carbonyl (C=O) groups is 1. The maximum Gasteiger partial charge on any atom is 0.180 e. The van der Waals surface area contributed by atoms with Crippen molar-refractivity contribution >= 4 is 11.6 Å². The number of ketones is 1. The van der Waals surface area contributed by atoms with Gasteiger partial charge in [0.15, 0.2) is 11.6 Å². The highest BCUT2D eigenvalue weighted by molar-refractivity contribution is 5.84. The van der Waals surface area contributed by atoms with E-state index < -0.39 is 0 Å². The Hall–Kier alpha value is -2.30. The minimum atomic E-state index is -0.198. The van der Waals surface area contributed by atoms with Crippen LogP contribution in [0.4, 0.5) is 5.82 Å². The summed E-state index contributed by atoms with van der Waals surface area (Å²) in [4.78, 5) is 27.4. The van der Waals surface area contributed by atoms with Crippen LogP contribution >= 0.6 is 0 Å². The Labute approximate surface area is 130 Å². The Kier molecular flexibility index (Phi) is 3.88. The van der Waals surface area contributed by atoms with Crippen LogP contribution in [0, 0.1) is 0 Å². The van der Waals surface area contributed by atoms with E-state index in [0.717, 1.165) is 36.5 Å². The van der Waals surface area contributed by atoms with Crippen LogP contribution in [0.25, 0.3) is 11.5 Å². The second-order valence-electron chi connectivity index (χ2n) is 5.76. The average Bonchev–Trinajstić information content (AvgIpc) is 3.01. The Balaban J connectivity index is 2.09. The van der Waals surface area contributed by atoms with Crippen LogP contribution in [0.2, 0.25) is 0 Å². The predicted molar refractivity (Wildman–Crippen MR) is 85.8 cm³/mol. The molecule has 5 heteroatoms. The molecule has 0 spiro atoms. The molecule has 0 radical (unpaired) electrons. The second-order valence-corrected chi connectivity index (χ2v) is 5.76. The smallest absolute Gasteiger partial charge is 0.180 e. The Bertz CT molecular complexity index is 699. The summed E-state index contributed by atoms with van der Waals surface area (Å²) in [6.07, 6.45) is 4.77. The molecule has 0 bridgehead atoms. The molecule has 5 nitrogen and oxygen atoms in total. The number of hydrogen-bond donors (Lipinski definition) is 0. The first-order valence-electron chi connectivity index (χ1n) is 7.62. The van der Waals surface area contributed by atoms with Gasteiger partial charge in [-0.15, -0.1) is 0 Å². The molecule has 0 unspecified atom stereocenters. The van der Waals surface area contributed by atoms with Gasteiger partial charge in [0.2, 0.25) is 0 Å². The topological polar surface area (TPSA) is 59.0 Å². The van der Waals surface area contributed by atoms with Gasteiger partial charge in [0.05, 0.1) is 6.04 Å². The third kappa shape index (κ3) is 2.58. The van der Waals surface area contributed by atoms with Crippen LogP contribution in [0.3, 0.4) is 0 Å². The van der Waals surface area contributed by atoms with E-state index in [2.05, 4.69) is 9.97 Å². The van der Waals surface area contributed by atoms with Crippen molar-refractivity contribution in [3.8, 4) is 11.5 Å². The van der Waals surface area contributed by atoms with Gasteiger partial charge in [0.25, 0.3) is 0 Å². The molecule has 2 heterocycles. The molecule has 3 rings (SSSR count). The monoisotopic (exact) mass is 296 g/mol. The lowest BCUT2D eigenvalue weighted by Crippen LogP contribution is -2.36. The summed E-state index contributed by atoms with van der Waals surface area (Å²) in [6, 6.07) is 5.52. The number of hydrogen-bond acceptors (Lipinski definition) is 5. The Morgan fingerprint density at radius 3 is 2.77 bits per heavy atom. The van der Waals surface area contributed by atoms with Gasteiger partial charge in [-0.25, -0.2) is 9.97 Å². The number of rotatable bonds is 4. The number of nitrogens with zero attached hydrogens (tertiary/aromatic N) is 4. The van der Waals surface area contributed by atoms with Crippen molar-refractivity contribution in [2.24, 2.45) is 0 Å². The molecule has 0 saturated carbocycles. The third-order valence-electron chi connectivity index (χ3n) is 4.31. The third-order valence-corrected chi connectivity index (χ3v) is 4.31. The molecule has 0 N–H and O–H groups in total. The van der Waals surface area contributed by atoms with Gasteiger partial charge in [-0.2, -0.15) is 0 Å². The van der Waals surface area contributed by atoms with Crippen LogP contribution in [0.5, 0.6) is 0 Å². The lowest BCUT2D eigenvalue weighted by Gasteiger charge is -2.26. The van der Waals surface area contributed by atoms with Gasteiger partial charge in [-0.05, 0) is 45.2 Å². The Morgan fingerprint density at radius 1 is 1.27 bits per heavy atom. The van der Waals surface area contributed by atoms with Crippen molar-refractivity contribution in [2.45, 2.75) is 39.2 Å². The van der Waals surface area contributed by atoms with Crippen LogP contribution in [-0.4, -0.2) is 33.8 Å². The quantitative estimate of drug-likeness (QED) is 0.867. The summed E-state index contributed by atoms with van der Waals surface area (Å²) >= 11 is 0. The highest BCUT2D eigenvalue weighted by atomic mass is 16.1. The van der Waals surface area contributed by atoms with Crippen molar-refractivity contribution < 1.29 is 4.79 Å². The molecule has 1 atom stereocenters. The number of Topliss-reactive ketones (excluding diaryl/α,β-unsaturated/α-hetero) is 1. The normalized spacial score (nSPS) is 14.5. The predicted octanol–water partition coefficient (Wildman–Crippen LogP) is 2.44. The standard InChI is InChI=1S/C17H20N4O/c1-11(12(2)22)21(3)17-13-7-6-9-14(13)19-16(20-17)15-8-4-5-10-18-15/h4-5,8,10-11H,6-7,9H2,1-3H3/t11-/m1/s1. The molecule has 1 aliphatic rings. The minimum absolute atomic E-state index is 0.132. The number of likely N-dealkylation sites (N-methyl/N-ethyl adjacent to an activating group) is 1. The van der Waals surface area contributed by atoms with Crippen molar-refractivity contribution in [1.29, 1.82) is 0 Å². The SMILES string of the molecule is CC(=O)[C@@H](C)N(C)c1nc(-c2ccccn2)nc2c1CCC2. The van der Waals surface area contributed by atoms with E-state index in [-0.39, 0.29) is 11.8 Å².